The van der Waals surface area contributed by atoms with Crippen LogP contribution in [0.25, 0.3) is 10.9 Å². The Hall–Kier alpha value is -3.93. The summed E-state index contributed by atoms with van der Waals surface area (Å²) in [5, 5.41) is 0.873. The van der Waals surface area contributed by atoms with Gasteiger partial charge in [0, 0.05) is 42.8 Å². The van der Waals surface area contributed by atoms with Gasteiger partial charge in [-0.3, -0.25) is 24.0 Å². The minimum Gasteiger partial charge on any atom is -0.463 e. The van der Waals surface area contributed by atoms with Gasteiger partial charge < -0.3 is 33.4 Å². The second-order valence-electron chi connectivity index (χ2n) is 9.39. The molecule has 41 heavy (non-hydrogen) atoms. The van der Waals surface area contributed by atoms with E-state index < -0.39 is 60.4 Å². The van der Waals surface area contributed by atoms with E-state index in [1.54, 1.807) is 33.9 Å². The van der Waals surface area contributed by atoms with Crippen LogP contribution in [0, 0.1) is 0 Å². The third-order valence-corrected chi connectivity index (χ3v) is 6.51. The van der Waals surface area contributed by atoms with Gasteiger partial charge in [0.2, 0.25) is 0 Å². The number of fused-ring (bicyclic) bond motifs is 1. The Kier molecular flexibility index (Phi) is 11.7. The maximum absolute atomic E-state index is 12.8. The van der Waals surface area contributed by atoms with Gasteiger partial charge in [-0.1, -0.05) is 45.9 Å². The first kappa shape index (κ1) is 31.6. The Morgan fingerprint density at radius 1 is 0.683 bits per heavy atom. The average Bonchev–Trinajstić information content (AvgIpc) is 3.39. The van der Waals surface area contributed by atoms with Crippen molar-refractivity contribution in [3.05, 3.63) is 36.0 Å². The molecule has 224 valence electrons. The summed E-state index contributed by atoms with van der Waals surface area (Å²) in [6.45, 7) is 5.62. The molecule has 1 aliphatic rings. The van der Waals surface area contributed by atoms with E-state index in [0.717, 1.165) is 16.5 Å². The summed E-state index contributed by atoms with van der Waals surface area (Å²) < 4.78 is 33.7. The first-order valence-corrected chi connectivity index (χ1v) is 13.8. The number of nitrogens with one attached hydrogen (secondary N) is 1. The van der Waals surface area contributed by atoms with Crippen LogP contribution in [0.15, 0.2) is 30.5 Å². The molecular formula is C29H37NO11. The second-order valence-corrected chi connectivity index (χ2v) is 9.39. The monoisotopic (exact) mass is 575 g/mol. The van der Waals surface area contributed by atoms with Crippen LogP contribution in [0.3, 0.4) is 0 Å². The third kappa shape index (κ3) is 8.53. The van der Waals surface area contributed by atoms with Crippen molar-refractivity contribution in [1.82, 2.24) is 4.98 Å². The molecule has 1 N–H and O–H groups in total. The van der Waals surface area contributed by atoms with E-state index in [2.05, 4.69) is 4.98 Å². The van der Waals surface area contributed by atoms with E-state index in [0.29, 0.717) is 0 Å². The summed E-state index contributed by atoms with van der Waals surface area (Å²) in [5.41, 5.74) is 1.60. The van der Waals surface area contributed by atoms with Crippen molar-refractivity contribution in [2.45, 2.75) is 90.3 Å². The molecule has 1 aromatic carbocycles. The lowest BCUT2D eigenvalue weighted by molar-refractivity contribution is -0.259. The third-order valence-electron chi connectivity index (χ3n) is 6.51. The van der Waals surface area contributed by atoms with E-state index in [1.165, 1.54) is 0 Å². The highest BCUT2D eigenvalue weighted by atomic mass is 16.7. The molecule has 0 amide bonds. The number of aromatic amines is 1. The molecule has 1 fully saturated rings. The zero-order valence-electron chi connectivity index (χ0n) is 23.7. The number of carbonyl (C=O) groups is 5. The number of aromatic nitrogens is 1. The Bertz CT molecular complexity index is 1220. The fourth-order valence-electron chi connectivity index (χ4n) is 4.32. The van der Waals surface area contributed by atoms with Crippen molar-refractivity contribution in [3.8, 4) is 0 Å². The van der Waals surface area contributed by atoms with E-state index in [-0.39, 0.29) is 45.3 Å². The molecular weight excluding hydrogens is 538 g/mol. The fourth-order valence-corrected chi connectivity index (χ4v) is 4.32. The molecule has 3 rings (SSSR count). The van der Waals surface area contributed by atoms with Gasteiger partial charge >= 0.3 is 29.8 Å². The Balaban J connectivity index is 1.87. The standard InChI is InChI=1S/C29H37NO11/c1-5-22(31)36-15-20-27(39-23(32)6-2)29(41-25(34)8-4)28(40-24(33)7-3)21(38-20)16-37-26(35)13-17-14-30-19-12-10-9-11-18(17)19/h9-12,14,20-21,27-30H,5-8,13,15-16H2,1-4H3/t20-,21+,27-,28+,29+/m1/s1. The second kappa shape index (κ2) is 15.2. The van der Waals surface area contributed by atoms with Crippen LogP contribution in [0.5, 0.6) is 0 Å². The Morgan fingerprint density at radius 3 is 1.71 bits per heavy atom. The molecule has 12 heteroatoms. The van der Waals surface area contributed by atoms with Gasteiger partial charge in [-0.25, -0.2) is 0 Å². The Morgan fingerprint density at radius 2 is 1.17 bits per heavy atom. The summed E-state index contributed by atoms with van der Waals surface area (Å²) in [4.78, 5) is 65.1. The first-order chi connectivity index (χ1) is 19.7. The SMILES string of the molecule is CCC(=O)OC[C@H]1O[C@@H](COC(=O)Cc2c[nH]c3ccccc23)[C@H](OC(=O)CC)[C@@H](OC(=O)CC)[C@@H]1OC(=O)CC. The van der Waals surface area contributed by atoms with Gasteiger partial charge in [-0.05, 0) is 11.6 Å². The van der Waals surface area contributed by atoms with Crippen LogP contribution in [0.4, 0.5) is 0 Å². The molecule has 0 unspecified atom stereocenters. The molecule has 5 atom stereocenters. The number of hydrogen-bond acceptors (Lipinski definition) is 11. The molecule has 2 aromatic rings. The topological polar surface area (TPSA) is 157 Å². The van der Waals surface area contributed by atoms with E-state index >= 15 is 0 Å². The highest BCUT2D eigenvalue weighted by molar-refractivity contribution is 5.87. The van der Waals surface area contributed by atoms with Crippen molar-refractivity contribution < 1.29 is 52.4 Å². The minimum absolute atomic E-state index is 0.000699. The largest absolute Gasteiger partial charge is 0.463 e. The average molecular weight is 576 g/mol. The van der Waals surface area contributed by atoms with Gasteiger partial charge in [0.1, 0.15) is 25.4 Å². The van der Waals surface area contributed by atoms with Crippen molar-refractivity contribution in [3.63, 3.8) is 0 Å². The molecule has 0 aliphatic carbocycles. The molecule has 0 spiro atoms. The summed E-state index contributed by atoms with van der Waals surface area (Å²) >= 11 is 0. The predicted molar refractivity (Wildman–Crippen MR) is 143 cm³/mol. The van der Waals surface area contributed by atoms with Crippen LogP contribution >= 0.6 is 0 Å². The number of hydrogen-bond donors (Lipinski definition) is 1. The van der Waals surface area contributed by atoms with Gasteiger partial charge in [0.25, 0.3) is 0 Å². The molecule has 0 radical (unpaired) electrons. The molecule has 1 saturated heterocycles. The summed E-state index contributed by atoms with van der Waals surface area (Å²) in [5.74, 6) is -3.02. The molecule has 1 aromatic heterocycles. The van der Waals surface area contributed by atoms with Crippen LogP contribution in [-0.4, -0.2) is 78.6 Å². The van der Waals surface area contributed by atoms with Crippen LogP contribution < -0.4 is 0 Å². The minimum atomic E-state index is -1.31. The van der Waals surface area contributed by atoms with Gasteiger partial charge in [0.15, 0.2) is 18.3 Å². The lowest BCUT2D eigenvalue weighted by Crippen LogP contribution is -2.63. The molecule has 0 bridgehead atoms. The van der Waals surface area contributed by atoms with Crippen molar-refractivity contribution in [2.24, 2.45) is 0 Å². The predicted octanol–water partition coefficient (Wildman–Crippen LogP) is 2.94. The number of para-hydroxylation sites is 1. The van der Waals surface area contributed by atoms with Crippen molar-refractivity contribution >= 4 is 40.7 Å². The van der Waals surface area contributed by atoms with Gasteiger partial charge in [-0.15, -0.1) is 0 Å². The lowest BCUT2D eigenvalue weighted by atomic mass is 9.94. The van der Waals surface area contributed by atoms with Crippen LogP contribution in [0.2, 0.25) is 0 Å². The smallest absolute Gasteiger partial charge is 0.310 e. The quantitative estimate of drug-likeness (QED) is 0.277. The van der Waals surface area contributed by atoms with Gasteiger partial charge in [0.05, 0.1) is 6.42 Å². The molecule has 0 saturated carbocycles. The summed E-state index contributed by atoms with van der Waals surface area (Å²) in [7, 11) is 0. The van der Waals surface area contributed by atoms with Crippen molar-refractivity contribution in [1.29, 1.82) is 0 Å². The number of ether oxygens (including phenoxy) is 6. The highest BCUT2D eigenvalue weighted by Gasteiger charge is 2.52. The maximum atomic E-state index is 12.8. The molecule has 2 heterocycles. The highest BCUT2D eigenvalue weighted by Crippen LogP contribution is 2.30. The number of carbonyl (C=O) groups excluding carboxylic acids is 5. The zero-order valence-corrected chi connectivity index (χ0v) is 23.7. The Labute approximate surface area is 237 Å². The summed E-state index contributed by atoms with van der Waals surface area (Å²) in [6, 6.07) is 7.50. The van der Waals surface area contributed by atoms with E-state index in [9.17, 15) is 24.0 Å². The van der Waals surface area contributed by atoms with E-state index in [4.69, 9.17) is 28.4 Å². The molecule has 12 nitrogen and oxygen atoms in total. The van der Waals surface area contributed by atoms with E-state index in [1.807, 2.05) is 24.3 Å². The maximum Gasteiger partial charge on any atom is 0.310 e. The zero-order chi connectivity index (χ0) is 29.9. The molecule has 1 aliphatic heterocycles. The lowest BCUT2D eigenvalue weighted by Gasteiger charge is -2.44. The number of benzene rings is 1. The van der Waals surface area contributed by atoms with Crippen molar-refractivity contribution in [2.75, 3.05) is 13.2 Å². The number of esters is 5. The first-order valence-electron chi connectivity index (χ1n) is 13.8. The van der Waals surface area contributed by atoms with Crippen LogP contribution in [0.1, 0.15) is 58.9 Å². The normalized spacial score (nSPS) is 22.0. The van der Waals surface area contributed by atoms with Gasteiger partial charge in [-0.2, -0.15) is 0 Å². The summed E-state index contributed by atoms with van der Waals surface area (Å²) in [6.07, 6.45) is -4.36. The fraction of sp³-hybridized carbons (Fsp3) is 0.552. The number of rotatable bonds is 13. The van der Waals surface area contributed by atoms with Crippen LogP contribution in [-0.2, 0) is 58.8 Å². The number of H-pyrrole nitrogens is 1.